The van der Waals surface area contributed by atoms with Gasteiger partial charge in [-0.1, -0.05) is 41.9 Å². The lowest BCUT2D eigenvalue weighted by Gasteiger charge is -2.01. The summed E-state index contributed by atoms with van der Waals surface area (Å²) in [4.78, 5) is 26.7. The van der Waals surface area contributed by atoms with Crippen molar-refractivity contribution in [1.29, 1.82) is 0 Å². The molecule has 0 amide bonds. The third kappa shape index (κ3) is 3.30. The molecule has 3 rings (SSSR count). The second-order valence-electron chi connectivity index (χ2n) is 4.76. The molecule has 0 fully saturated rings. The van der Waals surface area contributed by atoms with Crippen LogP contribution in [0.4, 0.5) is 0 Å². The average Bonchev–Trinajstić information content (AvgIpc) is 2.89. The smallest absolute Gasteiger partial charge is 0.363 e. The van der Waals surface area contributed by atoms with Crippen molar-refractivity contribution in [2.75, 3.05) is 0 Å². The third-order valence-electron chi connectivity index (χ3n) is 3.14. The first-order chi connectivity index (χ1) is 11.0. The van der Waals surface area contributed by atoms with Gasteiger partial charge in [0.15, 0.2) is 5.70 Å². The van der Waals surface area contributed by atoms with Crippen LogP contribution >= 0.6 is 11.6 Å². The van der Waals surface area contributed by atoms with E-state index in [0.717, 1.165) is 0 Å². The molecule has 2 aromatic rings. The van der Waals surface area contributed by atoms with E-state index in [1.54, 1.807) is 36.4 Å². The van der Waals surface area contributed by atoms with Crippen LogP contribution in [-0.2, 0) is 9.53 Å². The Balaban J connectivity index is 1.90. The van der Waals surface area contributed by atoms with Crippen LogP contribution in [0.25, 0.3) is 6.08 Å². The molecule has 1 aliphatic rings. The maximum atomic E-state index is 11.9. The van der Waals surface area contributed by atoms with Crippen LogP contribution in [0.5, 0.6) is 0 Å². The molecular formula is C17H9ClNO4-. The maximum Gasteiger partial charge on any atom is 0.363 e. The number of aromatic carboxylic acids is 1. The Bertz CT molecular complexity index is 853. The largest absolute Gasteiger partial charge is 0.545 e. The number of carboxylic acids is 1. The molecule has 0 spiro atoms. The predicted octanol–water partition coefficient (Wildman–Crippen LogP) is 2.05. The lowest BCUT2D eigenvalue weighted by atomic mass is 10.1. The van der Waals surface area contributed by atoms with Crippen LogP contribution in [0.15, 0.2) is 59.2 Å². The number of hydrogen-bond acceptors (Lipinski definition) is 5. The van der Waals surface area contributed by atoms with Gasteiger partial charge in [0.1, 0.15) is 0 Å². The number of ether oxygens (including phenoxy) is 1. The van der Waals surface area contributed by atoms with Crippen molar-refractivity contribution in [3.8, 4) is 0 Å². The summed E-state index contributed by atoms with van der Waals surface area (Å²) in [6.07, 6.45) is 1.51. The summed E-state index contributed by atoms with van der Waals surface area (Å²) < 4.78 is 5.13. The summed E-state index contributed by atoms with van der Waals surface area (Å²) in [7, 11) is 0. The minimum atomic E-state index is -1.26. The fourth-order valence-corrected chi connectivity index (χ4v) is 2.22. The summed E-state index contributed by atoms with van der Waals surface area (Å²) in [5, 5.41) is 11.2. The molecule has 0 bridgehead atoms. The molecule has 0 aliphatic carbocycles. The zero-order chi connectivity index (χ0) is 16.4. The monoisotopic (exact) mass is 326 g/mol. The van der Waals surface area contributed by atoms with Crippen LogP contribution in [0.2, 0.25) is 5.02 Å². The van der Waals surface area contributed by atoms with Crippen LogP contribution in [0.1, 0.15) is 21.5 Å². The quantitative estimate of drug-likeness (QED) is 0.638. The molecule has 2 aromatic carbocycles. The molecule has 1 heterocycles. The van der Waals surface area contributed by atoms with Crippen molar-refractivity contribution < 1.29 is 19.4 Å². The van der Waals surface area contributed by atoms with E-state index in [1.165, 1.54) is 18.2 Å². The Morgan fingerprint density at radius 1 is 1.17 bits per heavy atom. The van der Waals surface area contributed by atoms with Gasteiger partial charge in [0, 0.05) is 10.6 Å². The summed E-state index contributed by atoms with van der Waals surface area (Å²) in [5.74, 6) is -1.66. The van der Waals surface area contributed by atoms with Crippen molar-refractivity contribution in [3.63, 3.8) is 0 Å². The summed E-state index contributed by atoms with van der Waals surface area (Å²) in [5.41, 5.74) is 1.41. The van der Waals surface area contributed by atoms with Crippen molar-refractivity contribution in [2.24, 2.45) is 4.99 Å². The van der Waals surface area contributed by atoms with E-state index in [-0.39, 0.29) is 17.2 Å². The molecule has 6 heteroatoms. The molecule has 0 aromatic heterocycles. The van der Waals surface area contributed by atoms with E-state index in [0.29, 0.717) is 16.1 Å². The van der Waals surface area contributed by atoms with Gasteiger partial charge < -0.3 is 14.6 Å². The number of cyclic esters (lactones) is 1. The first-order valence-corrected chi connectivity index (χ1v) is 7.00. The lowest BCUT2D eigenvalue weighted by Crippen LogP contribution is -2.21. The normalized spacial score (nSPS) is 15.4. The van der Waals surface area contributed by atoms with E-state index in [4.69, 9.17) is 16.3 Å². The van der Waals surface area contributed by atoms with Crippen molar-refractivity contribution in [1.82, 2.24) is 0 Å². The Kier molecular flexibility index (Phi) is 3.95. The minimum absolute atomic E-state index is 0.0595. The highest BCUT2D eigenvalue weighted by Crippen LogP contribution is 2.21. The zero-order valence-electron chi connectivity index (χ0n) is 11.7. The van der Waals surface area contributed by atoms with Gasteiger partial charge in [-0.15, -0.1) is 0 Å². The van der Waals surface area contributed by atoms with E-state index < -0.39 is 11.9 Å². The molecule has 0 atom stereocenters. The number of esters is 1. The number of nitrogens with zero attached hydrogens (tertiary/aromatic N) is 1. The second kappa shape index (κ2) is 6.06. The highest BCUT2D eigenvalue weighted by atomic mass is 35.5. The van der Waals surface area contributed by atoms with E-state index >= 15 is 0 Å². The van der Waals surface area contributed by atoms with Gasteiger partial charge in [-0.2, -0.15) is 0 Å². The summed E-state index contributed by atoms with van der Waals surface area (Å²) in [6, 6.07) is 12.7. The number of benzene rings is 2. The molecular weight excluding hydrogens is 318 g/mol. The standard InChI is InChI=1S/C17H10ClNO4/c18-13-3-1-2-12(9-13)15-19-14(17(22)23-15)8-10-4-6-11(7-5-10)16(20)21/h1-9H,(H,20,21)/p-1/b14-8+. The summed E-state index contributed by atoms with van der Waals surface area (Å²) in [6.45, 7) is 0. The topological polar surface area (TPSA) is 78.8 Å². The zero-order valence-corrected chi connectivity index (χ0v) is 12.4. The number of aliphatic imine (C=N–C) groups is 1. The third-order valence-corrected chi connectivity index (χ3v) is 3.38. The Morgan fingerprint density at radius 2 is 1.91 bits per heavy atom. The van der Waals surface area contributed by atoms with Crippen LogP contribution in [0, 0.1) is 0 Å². The second-order valence-corrected chi connectivity index (χ2v) is 5.19. The molecule has 0 radical (unpaired) electrons. The van der Waals surface area contributed by atoms with Gasteiger partial charge in [-0.05, 0) is 35.4 Å². The Morgan fingerprint density at radius 3 is 2.57 bits per heavy atom. The molecule has 1 aliphatic heterocycles. The number of hydrogen-bond donors (Lipinski definition) is 0. The van der Waals surface area contributed by atoms with Gasteiger partial charge in [0.05, 0.1) is 5.97 Å². The van der Waals surface area contributed by atoms with Gasteiger partial charge in [0.25, 0.3) is 0 Å². The van der Waals surface area contributed by atoms with E-state index in [1.807, 2.05) is 0 Å². The summed E-state index contributed by atoms with van der Waals surface area (Å²) >= 11 is 5.90. The van der Waals surface area contributed by atoms with Gasteiger partial charge in [-0.25, -0.2) is 9.79 Å². The van der Waals surface area contributed by atoms with Crippen molar-refractivity contribution in [2.45, 2.75) is 0 Å². The molecule has 0 saturated heterocycles. The fourth-order valence-electron chi connectivity index (χ4n) is 2.03. The SMILES string of the molecule is O=C1OC(c2cccc(Cl)c2)=N/C1=C/c1ccc(C(=O)[O-])cc1. The van der Waals surface area contributed by atoms with Gasteiger partial charge in [0.2, 0.25) is 5.90 Å². The number of carbonyl (C=O) groups is 2. The number of rotatable bonds is 3. The molecule has 5 nitrogen and oxygen atoms in total. The van der Waals surface area contributed by atoms with Crippen LogP contribution in [-0.4, -0.2) is 17.8 Å². The van der Waals surface area contributed by atoms with E-state index in [9.17, 15) is 14.7 Å². The fraction of sp³-hybridized carbons (Fsp3) is 0. The first-order valence-electron chi connectivity index (χ1n) is 6.63. The number of carboxylic acid groups (broad SMARTS) is 1. The van der Waals surface area contributed by atoms with Gasteiger partial charge in [-0.3, -0.25) is 0 Å². The first kappa shape index (κ1) is 15.0. The van der Waals surface area contributed by atoms with Crippen molar-refractivity contribution >= 4 is 35.5 Å². The minimum Gasteiger partial charge on any atom is -0.545 e. The molecule has 0 N–H and O–H groups in total. The highest BCUT2D eigenvalue weighted by Gasteiger charge is 2.24. The lowest BCUT2D eigenvalue weighted by molar-refractivity contribution is -0.255. The average molecular weight is 327 g/mol. The number of carbonyl (C=O) groups excluding carboxylic acids is 2. The molecule has 114 valence electrons. The van der Waals surface area contributed by atoms with Crippen molar-refractivity contribution in [3.05, 3.63) is 75.9 Å². The van der Waals surface area contributed by atoms with Crippen LogP contribution in [0.3, 0.4) is 0 Å². The molecule has 0 unspecified atom stereocenters. The highest BCUT2D eigenvalue weighted by molar-refractivity contribution is 6.31. The Labute approximate surface area is 136 Å². The number of halogens is 1. The molecule has 23 heavy (non-hydrogen) atoms. The molecule has 0 saturated carbocycles. The predicted molar refractivity (Wildman–Crippen MR) is 82.8 cm³/mol. The van der Waals surface area contributed by atoms with E-state index in [2.05, 4.69) is 4.99 Å². The van der Waals surface area contributed by atoms with Crippen LogP contribution < -0.4 is 5.11 Å². The Hall–Kier alpha value is -2.92. The maximum absolute atomic E-state index is 11.9. The van der Waals surface area contributed by atoms with Gasteiger partial charge >= 0.3 is 5.97 Å².